The van der Waals surface area contributed by atoms with Crippen LogP contribution in [0.5, 0.6) is 0 Å². The monoisotopic (exact) mass is 270 g/mol. The Bertz CT molecular complexity index is 534. The van der Waals surface area contributed by atoms with Crippen molar-refractivity contribution in [1.29, 1.82) is 0 Å². The third kappa shape index (κ3) is 2.40. The van der Waals surface area contributed by atoms with Gasteiger partial charge in [-0.15, -0.1) is 0 Å². The van der Waals surface area contributed by atoms with Gasteiger partial charge in [-0.1, -0.05) is 0 Å². The molecule has 1 aromatic carbocycles. The first-order chi connectivity index (χ1) is 8.91. The molecule has 102 valence electrons. The molecule has 1 fully saturated rings. The third-order valence-corrected chi connectivity index (χ3v) is 3.25. The average Bonchev–Trinajstić information content (AvgIpc) is 2.26. The van der Waals surface area contributed by atoms with E-state index in [0.29, 0.717) is 13.0 Å². The van der Waals surface area contributed by atoms with E-state index in [9.17, 15) is 23.7 Å². The summed E-state index contributed by atoms with van der Waals surface area (Å²) in [5.41, 5.74) is 0.0363. The maximum absolute atomic E-state index is 12.7. The van der Waals surface area contributed by atoms with Gasteiger partial charge in [0.25, 0.3) is 12.1 Å². The van der Waals surface area contributed by atoms with E-state index in [4.69, 9.17) is 0 Å². The molecule has 1 heterocycles. The second-order valence-electron chi connectivity index (χ2n) is 4.40. The van der Waals surface area contributed by atoms with Crippen LogP contribution >= 0.6 is 0 Å². The van der Waals surface area contributed by atoms with E-state index >= 15 is 0 Å². The second-order valence-corrected chi connectivity index (χ2v) is 4.40. The van der Waals surface area contributed by atoms with Crippen LogP contribution in [0.1, 0.15) is 23.7 Å². The summed E-state index contributed by atoms with van der Waals surface area (Å²) < 4.78 is 25.4. The number of alkyl halides is 2. The Morgan fingerprint density at radius 3 is 2.63 bits per heavy atom. The molecule has 19 heavy (non-hydrogen) atoms. The fourth-order valence-corrected chi connectivity index (χ4v) is 2.10. The van der Waals surface area contributed by atoms with E-state index in [2.05, 4.69) is 0 Å². The molecule has 7 heteroatoms. The van der Waals surface area contributed by atoms with Crippen LogP contribution in [0.3, 0.4) is 0 Å². The zero-order chi connectivity index (χ0) is 14.2. The molecule has 5 nitrogen and oxygen atoms in total. The molecule has 0 aliphatic carbocycles. The number of hydrogen-bond donors (Lipinski definition) is 0. The van der Waals surface area contributed by atoms with Gasteiger partial charge in [0.15, 0.2) is 5.78 Å². The van der Waals surface area contributed by atoms with E-state index in [0.717, 1.165) is 6.07 Å². The van der Waals surface area contributed by atoms with Crippen molar-refractivity contribution in [3.05, 3.63) is 33.9 Å². The van der Waals surface area contributed by atoms with Gasteiger partial charge in [-0.3, -0.25) is 14.9 Å². The quantitative estimate of drug-likeness (QED) is 0.479. The lowest BCUT2D eigenvalue weighted by atomic mass is 10.0. The number of hydrogen-bond acceptors (Lipinski definition) is 4. The highest BCUT2D eigenvalue weighted by molar-refractivity contribution is 5.95. The Labute approximate surface area is 108 Å². The number of nitro benzene ring substituents is 1. The Morgan fingerprint density at radius 1 is 1.53 bits per heavy atom. The van der Waals surface area contributed by atoms with Gasteiger partial charge in [-0.2, -0.15) is 0 Å². The van der Waals surface area contributed by atoms with Crippen LogP contribution in [0.4, 0.5) is 20.2 Å². The predicted molar refractivity (Wildman–Crippen MR) is 64.9 cm³/mol. The van der Waals surface area contributed by atoms with E-state index < -0.39 is 17.4 Å². The minimum atomic E-state index is -2.54. The highest BCUT2D eigenvalue weighted by Gasteiger charge is 2.38. The van der Waals surface area contributed by atoms with Gasteiger partial charge in [-0.05, 0) is 25.5 Å². The largest absolute Gasteiger partial charge is 0.357 e. The highest BCUT2D eigenvalue weighted by Crippen LogP contribution is 2.37. The normalized spacial score (nSPS) is 18.3. The molecule has 1 aliphatic rings. The first-order valence-electron chi connectivity index (χ1n) is 5.76. The summed E-state index contributed by atoms with van der Waals surface area (Å²) >= 11 is 0. The van der Waals surface area contributed by atoms with Crippen molar-refractivity contribution < 1.29 is 18.5 Å². The Morgan fingerprint density at radius 2 is 2.21 bits per heavy atom. The maximum Gasteiger partial charge on any atom is 0.293 e. The first kappa shape index (κ1) is 13.4. The van der Waals surface area contributed by atoms with Crippen LogP contribution in [0.2, 0.25) is 0 Å². The lowest BCUT2D eigenvalue weighted by Crippen LogP contribution is -2.52. The Kier molecular flexibility index (Phi) is 3.46. The highest BCUT2D eigenvalue weighted by atomic mass is 19.3. The van der Waals surface area contributed by atoms with Gasteiger partial charge in [0.1, 0.15) is 5.69 Å². The number of rotatable bonds is 4. The van der Waals surface area contributed by atoms with Crippen LogP contribution in [-0.2, 0) is 0 Å². The van der Waals surface area contributed by atoms with Crippen LogP contribution in [0, 0.1) is 10.1 Å². The van der Waals surface area contributed by atoms with Crippen LogP contribution in [0.15, 0.2) is 18.2 Å². The molecule has 1 saturated heterocycles. The molecule has 0 bridgehead atoms. The lowest BCUT2D eigenvalue weighted by molar-refractivity contribution is -0.384. The molecular formula is C12H12F2N2O3. The fourth-order valence-electron chi connectivity index (χ4n) is 2.10. The minimum absolute atomic E-state index is 0.145. The number of benzene rings is 1. The standard InChI is InChI=1S/C12H12F2N2O3/c1-7(17)8-2-3-9(11(6-8)16(18)19)15-5-4-10(15)12(13)14/h2-3,6,10,12H,4-5H2,1H3/t10-/m0/s1. The first-order valence-corrected chi connectivity index (χ1v) is 5.76. The zero-order valence-electron chi connectivity index (χ0n) is 10.2. The fraction of sp³-hybridized carbons (Fsp3) is 0.417. The third-order valence-electron chi connectivity index (χ3n) is 3.25. The molecule has 0 saturated carbocycles. The molecule has 0 aromatic heterocycles. The number of carbonyl (C=O) groups is 1. The van der Waals surface area contributed by atoms with Gasteiger partial charge >= 0.3 is 0 Å². The van der Waals surface area contributed by atoms with Crippen molar-refractivity contribution in [2.75, 3.05) is 11.4 Å². The number of carbonyl (C=O) groups excluding carboxylic acids is 1. The van der Waals surface area contributed by atoms with Crippen molar-refractivity contribution in [1.82, 2.24) is 0 Å². The molecule has 0 unspecified atom stereocenters. The molecule has 1 aliphatic heterocycles. The van der Waals surface area contributed by atoms with Gasteiger partial charge in [0, 0.05) is 18.2 Å². The maximum atomic E-state index is 12.7. The second kappa shape index (κ2) is 4.91. The lowest BCUT2D eigenvalue weighted by Gasteiger charge is -2.41. The van der Waals surface area contributed by atoms with Gasteiger partial charge in [0.05, 0.1) is 11.0 Å². The summed E-state index contributed by atoms with van der Waals surface area (Å²) in [6.45, 7) is 1.65. The van der Waals surface area contributed by atoms with Crippen molar-refractivity contribution >= 4 is 17.2 Å². The molecule has 0 N–H and O–H groups in total. The zero-order valence-corrected chi connectivity index (χ0v) is 10.2. The van der Waals surface area contributed by atoms with Crippen molar-refractivity contribution in [3.8, 4) is 0 Å². The number of Topliss-reactive ketones (excluding diaryl/α,β-unsaturated/α-hetero) is 1. The van der Waals surface area contributed by atoms with Crippen molar-refractivity contribution in [2.45, 2.75) is 25.8 Å². The van der Waals surface area contributed by atoms with Gasteiger partial charge in [-0.25, -0.2) is 8.78 Å². The molecule has 1 atom stereocenters. The number of anilines is 1. The summed E-state index contributed by atoms with van der Waals surface area (Å²) in [7, 11) is 0. The van der Waals surface area contributed by atoms with Crippen LogP contribution in [0.25, 0.3) is 0 Å². The topological polar surface area (TPSA) is 63.5 Å². The van der Waals surface area contributed by atoms with Crippen molar-refractivity contribution in [2.24, 2.45) is 0 Å². The molecule has 0 amide bonds. The smallest absolute Gasteiger partial charge is 0.293 e. The van der Waals surface area contributed by atoms with Crippen LogP contribution in [-0.4, -0.2) is 29.7 Å². The molecular weight excluding hydrogens is 258 g/mol. The van der Waals surface area contributed by atoms with E-state index in [-0.39, 0.29) is 22.7 Å². The number of nitro groups is 1. The molecule has 0 spiro atoms. The number of halogens is 2. The molecule has 1 aromatic rings. The Hall–Kier alpha value is -2.05. The van der Waals surface area contributed by atoms with E-state index in [1.807, 2.05) is 0 Å². The van der Waals surface area contributed by atoms with E-state index in [1.54, 1.807) is 0 Å². The SMILES string of the molecule is CC(=O)c1ccc(N2CC[C@H]2C(F)F)c([N+](=O)[O-])c1. The average molecular weight is 270 g/mol. The predicted octanol–water partition coefficient (Wildman–Crippen LogP) is 2.64. The van der Waals surface area contributed by atoms with Gasteiger partial charge in [0.2, 0.25) is 0 Å². The Balaban J connectivity index is 2.40. The van der Waals surface area contributed by atoms with Gasteiger partial charge < -0.3 is 4.90 Å². The summed E-state index contributed by atoms with van der Waals surface area (Å²) in [5.74, 6) is -0.302. The minimum Gasteiger partial charge on any atom is -0.357 e. The van der Waals surface area contributed by atoms with Crippen molar-refractivity contribution in [3.63, 3.8) is 0 Å². The number of ketones is 1. The summed E-state index contributed by atoms with van der Waals surface area (Å²) in [4.78, 5) is 22.9. The summed E-state index contributed by atoms with van der Waals surface area (Å²) in [6, 6.07) is 2.94. The summed E-state index contributed by atoms with van der Waals surface area (Å²) in [6.07, 6.45) is -2.23. The molecule has 0 radical (unpaired) electrons. The van der Waals surface area contributed by atoms with E-state index in [1.165, 1.54) is 24.0 Å². The number of nitrogens with zero attached hydrogens (tertiary/aromatic N) is 2. The molecule has 2 rings (SSSR count). The summed E-state index contributed by atoms with van der Waals surface area (Å²) in [5, 5.41) is 11.0. The van der Waals surface area contributed by atoms with Crippen LogP contribution < -0.4 is 4.90 Å².